The number of piperidine rings is 1. The summed E-state index contributed by atoms with van der Waals surface area (Å²) in [6, 6.07) is 4.55. The maximum absolute atomic E-state index is 6.25. The number of hydrogen-bond donors (Lipinski definition) is 1. The molecule has 0 saturated carbocycles. The van der Waals surface area contributed by atoms with Crippen molar-refractivity contribution in [2.45, 2.75) is 25.4 Å². The van der Waals surface area contributed by atoms with Crippen LogP contribution in [0.3, 0.4) is 0 Å². The molecule has 0 spiro atoms. The fraction of sp³-hybridized carbons (Fsp3) is 0.600. The molecule has 0 aliphatic carbocycles. The van der Waals surface area contributed by atoms with Crippen molar-refractivity contribution in [1.82, 2.24) is 10.2 Å². The Kier molecular flexibility index (Phi) is 5.52. The number of rotatable bonds is 5. The lowest BCUT2D eigenvalue weighted by Crippen LogP contribution is -2.43. The average molecular weight is 299 g/mol. The molecule has 1 saturated heterocycles. The zero-order chi connectivity index (χ0) is 14.5. The van der Waals surface area contributed by atoms with Crippen molar-refractivity contribution in [2.75, 3.05) is 34.4 Å². The van der Waals surface area contributed by atoms with Crippen LogP contribution in [0.1, 0.15) is 18.4 Å². The summed E-state index contributed by atoms with van der Waals surface area (Å²) in [5.74, 6) is 1.29. The number of methoxy groups -OCH3 is 2. The summed E-state index contributed by atoms with van der Waals surface area (Å²) in [6.07, 6.45) is 2.48. The van der Waals surface area contributed by atoms with Gasteiger partial charge in [-0.2, -0.15) is 0 Å². The van der Waals surface area contributed by atoms with Gasteiger partial charge in [-0.05, 0) is 44.1 Å². The maximum Gasteiger partial charge on any atom is 0.179 e. The highest BCUT2D eigenvalue weighted by molar-refractivity contribution is 6.32. The molecule has 4 nitrogen and oxygen atoms in total. The number of nitrogens with zero attached hydrogens (tertiary/aromatic N) is 1. The number of halogens is 1. The average Bonchev–Trinajstić information content (AvgIpc) is 2.46. The van der Waals surface area contributed by atoms with Gasteiger partial charge in [0.25, 0.3) is 0 Å². The summed E-state index contributed by atoms with van der Waals surface area (Å²) in [5.41, 5.74) is 1.16. The first-order chi connectivity index (χ1) is 9.67. The van der Waals surface area contributed by atoms with Gasteiger partial charge in [0.2, 0.25) is 0 Å². The van der Waals surface area contributed by atoms with Crippen molar-refractivity contribution >= 4 is 11.6 Å². The van der Waals surface area contributed by atoms with Crippen molar-refractivity contribution < 1.29 is 9.47 Å². The topological polar surface area (TPSA) is 33.7 Å². The number of likely N-dealkylation sites (tertiary alicyclic amines) is 1. The predicted octanol–water partition coefficient (Wildman–Crippen LogP) is 2.54. The summed E-state index contributed by atoms with van der Waals surface area (Å²) in [7, 11) is 5.27. The van der Waals surface area contributed by atoms with Gasteiger partial charge in [0, 0.05) is 19.1 Å². The van der Waals surface area contributed by atoms with Gasteiger partial charge >= 0.3 is 0 Å². The van der Waals surface area contributed by atoms with Gasteiger partial charge in [-0.1, -0.05) is 11.6 Å². The lowest BCUT2D eigenvalue weighted by Gasteiger charge is -2.32. The Morgan fingerprint density at radius 3 is 2.80 bits per heavy atom. The van der Waals surface area contributed by atoms with Gasteiger partial charge in [-0.3, -0.25) is 4.90 Å². The highest BCUT2D eigenvalue weighted by Crippen LogP contribution is 2.36. The standard InChI is InChI=1S/C15H23ClN2O2/c1-17-12-5-4-6-18(10-12)9-11-7-13(16)15(20-3)14(8-11)19-2/h7-8,12,17H,4-6,9-10H2,1-3H3. The summed E-state index contributed by atoms with van der Waals surface area (Å²) < 4.78 is 10.6. The molecule has 2 rings (SSSR count). The second kappa shape index (κ2) is 7.16. The number of hydrogen-bond acceptors (Lipinski definition) is 4. The fourth-order valence-electron chi connectivity index (χ4n) is 2.76. The molecule has 1 fully saturated rings. The summed E-state index contributed by atoms with van der Waals surface area (Å²) in [6.45, 7) is 3.09. The van der Waals surface area contributed by atoms with Crippen molar-refractivity contribution in [3.05, 3.63) is 22.7 Å². The molecule has 1 aliphatic heterocycles. The van der Waals surface area contributed by atoms with Crippen LogP contribution in [0.25, 0.3) is 0 Å². The second-order valence-corrected chi connectivity index (χ2v) is 5.58. The molecule has 0 radical (unpaired) electrons. The molecular formula is C15H23ClN2O2. The van der Waals surface area contributed by atoms with Crippen molar-refractivity contribution in [1.29, 1.82) is 0 Å². The van der Waals surface area contributed by atoms with Crippen LogP contribution in [0, 0.1) is 0 Å². The molecule has 5 heteroatoms. The molecule has 1 aromatic rings. The molecule has 20 heavy (non-hydrogen) atoms. The minimum absolute atomic E-state index is 0.583. The number of ether oxygens (including phenoxy) is 2. The predicted molar refractivity (Wildman–Crippen MR) is 81.9 cm³/mol. The molecule has 0 aromatic heterocycles. The lowest BCUT2D eigenvalue weighted by molar-refractivity contribution is 0.188. The SMILES string of the molecule is CNC1CCCN(Cc2cc(Cl)c(OC)c(OC)c2)C1. The summed E-state index contributed by atoms with van der Waals surface area (Å²) in [5, 5.41) is 3.96. The Hall–Kier alpha value is -0.970. The summed E-state index contributed by atoms with van der Waals surface area (Å²) in [4.78, 5) is 2.45. The molecule has 1 atom stereocenters. The van der Waals surface area contributed by atoms with E-state index in [0.717, 1.165) is 25.2 Å². The van der Waals surface area contributed by atoms with Crippen LogP contribution < -0.4 is 14.8 Å². The van der Waals surface area contributed by atoms with Gasteiger partial charge in [0.15, 0.2) is 11.5 Å². The van der Waals surface area contributed by atoms with Crippen molar-refractivity contribution in [2.24, 2.45) is 0 Å². The fourth-order valence-corrected chi connectivity index (χ4v) is 3.07. The van der Waals surface area contributed by atoms with E-state index in [2.05, 4.69) is 10.2 Å². The van der Waals surface area contributed by atoms with E-state index in [1.165, 1.54) is 12.8 Å². The summed E-state index contributed by atoms with van der Waals surface area (Å²) >= 11 is 6.25. The van der Waals surface area contributed by atoms with Crippen LogP contribution in [-0.4, -0.2) is 45.3 Å². The van der Waals surface area contributed by atoms with Gasteiger partial charge in [-0.15, -0.1) is 0 Å². The molecule has 1 heterocycles. The van der Waals surface area contributed by atoms with Crippen LogP contribution in [0.2, 0.25) is 5.02 Å². The van der Waals surface area contributed by atoms with E-state index in [4.69, 9.17) is 21.1 Å². The minimum atomic E-state index is 0.583. The van der Waals surface area contributed by atoms with Crippen LogP contribution in [0.15, 0.2) is 12.1 Å². The quantitative estimate of drug-likeness (QED) is 0.906. The van der Waals surface area contributed by atoms with E-state index >= 15 is 0 Å². The van der Waals surface area contributed by atoms with Gasteiger partial charge < -0.3 is 14.8 Å². The van der Waals surface area contributed by atoms with Crippen LogP contribution in [0.5, 0.6) is 11.5 Å². The monoisotopic (exact) mass is 298 g/mol. The zero-order valence-electron chi connectivity index (χ0n) is 12.4. The number of benzene rings is 1. The molecular weight excluding hydrogens is 276 g/mol. The Morgan fingerprint density at radius 2 is 2.15 bits per heavy atom. The molecule has 0 bridgehead atoms. The normalized spacial score (nSPS) is 19.9. The third-order valence-corrected chi connectivity index (χ3v) is 4.09. The zero-order valence-corrected chi connectivity index (χ0v) is 13.2. The van der Waals surface area contributed by atoms with Crippen LogP contribution in [-0.2, 0) is 6.54 Å². The minimum Gasteiger partial charge on any atom is -0.493 e. The van der Waals surface area contributed by atoms with E-state index in [1.807, 2.05) is 19.2 Å². The highest BCUT2D eigenvalue weighted by atomic mass is 35.5. The van der Waals surface area contributed by atoms with Gasteiger partial charge in [0.05, 0.1) is 19.2 Å². The number of nitrogens with one attached hydrogen (secondary N) is 1. The van der Waals surface area contributed by atoms with E-state index in [1.54, 1.807) is 14.2 Å². The third-order valence-electron chi connectivity index (χ3n) is 3.81. The Labute approximate surface area is 126 Å². The highest BCUT2D eigenvalue weighted by Gasteiger charge is 2.19. The largest absolute Gasteiger partial charge is 0.493 e. The van der Waals surface area contributed by atoms with Crippen molar-refractivity contribution in [3.63, 3.8) is 0 Å². The van der Waals surface area contributed by atoms with Crippen LogP contribution >= 0.6 is 11.6 Å². The molecule has 1 N–H and O–H groups in total. The first-order valence-electron chi connectivity index (χ1n) is 6.98. The molecule has 112 valence electrons. The van der Waals surface area contributed by atoms with Gasteiger partial charge in [0.1, 0.15) is 0 Å². The maximum atomic E-state index is 6.25. The molecule has 1 unspecified atom stereocenters. The molecule has 1 aliphatic rings. The van der Waals surface area contributed by atoms with E-state index in [9.17, 15) is 0 Å². The Morgan fingerprint density at radius 1 is 1.35 bits per heavy atom. The lowest BCUT2D eigenvalue weighted by atomic mass is 10.0. The Balaban J connectivity index is 2.11. The molecule has 0 amide bonds. The molecule has 1 aromatic carbocycles. The van der Waals surface area contributed by atoms with Gasteiger partial charge in [-0.25, -0.2) is 0 Å². The smallest absolute Gasteiger partial charge is 0.179 e. The van der Waals surface area contributed by atoms with E-state index in [0.29, 0.717) is 22.6 Å². The Bertz CT molecular complexity index is 454. The van der Waals surface area contributed by atoms with E-state index < -0.39 is 0 Å². The first kappa shape index (κ1) is 15.4. The third kappa shape index (κ3) is 3.57. The van der Waals surface area contributed by atoms with E-state index in [-0.39, 0.29) is 0 Å². The first-order valence-corrected chi connectivity index (χ1v) is 7.35. The van der Waals surface area contributed by atoms with Crippen molar-refractivity contribution in [3.8, 4) is 11.5 Å². The second-order valence-electron chi connectivity index (χ2n) is 5.18. The van der Waals surface area contributed by atoms with Crippen LogP contribution in [0.4, 0.5) is 0 Å². The number of likely N-dealkylation sites (N-methyl/N-ethyl adjacent to an activating group) is 1.